The molecule has 0 aromatic heterocycles. The Labute approximate surface area is 229 Å². The first kappa shape index (κ1) is 29.1. The fourth-order valence-corrected chi connectivity index (χ4v) is 5.89. The van der Waals surface area contributed by atoms with Crippen LogP contribution in [0.25, 0.3) is 0 Å². The summed E-state index contributed by atoms with van der Waals surface area (Å²) < 4.78 is 38.9. The molecule has 0 radical (unpaired) electrons. The zero-order chi connectivity index (χ0) is 28.7. The van der Waals surface area contributed by atoms with Crippen molar-refractivity contribution in [2.45, 2.75) is 69.8 Å². The van der Waals surface area contributed by atoms with Gasteiger partial charge in [-0.25, -0.2) is 0 Å². The van der Waals surface area contributed by atoms with Crippen molar-refractivity contribution in [2.24, 2.45) is 11.1 Å². The lowest BCUT2D eigenvalue weighted by Gasteiger charge is -2.42. The van der Waals surface area contributed by atoms with Crippen molar-refractivity contribution in [3.63, 3.8) is 0 Å². The molecule has 2 saturated heterocycles. The third kappa shape index (κ3) is 6.16. The standard InChI is InChI=1S/C26H32ClF3N4O5/c1-15-24(39)34(11-10-33(15)22(37)13-16-2-3-17(18(27)12-16)26(28,29)30)19(23(31)38)4-5-21(36)32-9-8-25(6-7-25)20(35)14-32/h2-3,12,15,19-20,35H,4-11,13-14H2,1H3,(H2,31,38)/t15-,19-,20+/m0/s1. The van der Waals surface area contributed by atoms with Crippen LogP contribution in [0.2, 0.25) is 5.02 Å². The number of nitrogens with zero attached hydrogens (tertiary/aromatic N) is 3. The van der Waals surface area contributed by atoms with E-state index in [4.69, 9.17) is 17.3 Å². The molecule has 1 aromatic rings. The predicted molar refractivity (Wildman–Crippen MR) is 134 cm³/mol. The maximum atomic E-state index is 13.2. The van der Waals surface area contributed by atoms with Gasteiger partial charge in [0, 0.05) is 32.6 Å². The fourth-order valence-electron chi connectivity index (χ4n) is 5.58. The van der Waals surface area contributed by atoms with E-state index in [1.54, 1.807) is 4.90 Å². The highest BCUT2D eigenvalue weighted by molar-refractivity contribution is 6.31. The minimum Gasteiger partial charge on any atom is -0.391 e. The van der Waals surface area contributed by atoms with Gasteiger partial charge in [0.1, 0.15) is 12.1 Å². The molecule has 9 nitrogen and oxygen atoms in total. The van der Waals surface area contributed by atoms with Crippen LogP contribution < -0.4 is 5.73 Å². The highest BCUT2D eigenvalue weighted by atomic mass is 35.5. The summed E-state index contributed by atoms with van der Waals surface area (Å²) in [6, 6.07) is 1.07. The first-order chi connectivity index (χ1) is 18.2. The molecule has 0 unspecified atom stereocenters. The maximum Gasteiger partial charge on any atom is 0.417 e. The quantitative estimate of drug-likeness (QED) is 0.517. The molecule has 2 heterocycles. The smallest absolute Gasteiger partial charge is 0.391 e. The molecule has 13 heteroatoms. The Kier molecular flexibility index (Phi) is 8.18. The van der Waals surface area contributed by atoms with Gasteiger partial charge in [-0.15, -0.1) is 0 Å². The van der Waals surface area contributed by atoms with E-state index in [-0.39, 0.29) is 55.8 Å². The van der Waals surface area contributed by atoms with E-state index in [0.717, 1.165) is 31.4 Å². The lowest BCUT2D eigenvalue weighted by atomic mass is 9.90. The van der Waals surface area contributed by atoms with Gasteiger partial charge in [0.25, 0.3) is 0 Å². The number of hydrogen-bond donors (Lipinski definition) is 2. The van der Waals surface area contributed by atoms with E-state index in [1.807, 2.05) is 0 Å². The van der Waals surface area contributed by atoms with E-state index in [0.29, 0.717) is 6.54 Å². The van der Waals surface area contributed by atoms with Crippen molar-refractivity contribution in [1.29, 1.82) is 0 Å². The maximum absolute atomic E-state index is 13.2. The summed E-state index contributed by atoms with van der Waals surface area (Å²) in [5, 5.41) is 9.85. The number of nitrogens with two attached hydrogens (primary N) is 1. The molecule has 4 rings (SSSR count). The zero-order valence-corrected chi connectivity index (χ0v) is 22.3. The van der Waals surface area contributed by atoms with Gasteiger partial charge in [0.2, 0.25) is 23.6 Å². The third-order valence-corrected chi connectivity index (χ3v) is 8.58. The minimum absolute atomic E-state index is 0.00935. The second kappa shape index (κ2) is 11.0. The number of piperazine rings is 1. The molecular formula is C26H32ClF3N4O5. The average molecular weight is 573 g/mol. The largest absolute Gasteiger partial charge is 0.417 e. The van der Waals surface area contributed by atoms with Crippen molar-refractivity contribution < 1.29 is 37.5 Å². The van der Waals surface area contributed by atoms with Gasteiger partial charge in [0.15, 0.2) is 0 Å². The Morgan fingerprint density at radius 2 is 1.85 bits per heavy atom. The number of benzene rings is 1. The predicted octanol–water partition coefficient (Wildman–Crippen LogP) is 1.97. The number of hydrogen-bond acceptors (Lipinski definition) is 5. The number of piperidine rings is 1. The van der Waals surface area contributed by atoms with Crippen LogP contribution in [0.3, 0.4) is 0 Å². The topological polar surface area (TPSA) is 124 Å². The molecule has 4 amide bonds. The summed E-state index contributed by atoms with van der Waals surface area (Å²) in [7, 11) is 0. The number of alkyl halides is 3. The monoisotopic (exact) mass is 572 g/mol. The van der Waals surface area contributed by atoms with E-state index in [9.17, 15) is 37.5 Å². The Hall–Kier alpha value is -2.86. The van der Waals surface area contributed by atoms with E-state index in [2.05, 4.69) is 0 Å². The number of aliphatic hydroxyl groups excluding tert-OH is 1. The number of primary amides is 1. The van der Waals surface area contributed by atoms with Gasteiger partial charge in [-0.3, -0.25) is 19.2 Å². The van der Waals surface area contributed by atoms with Crippen molar-refractivity contribution in [1.82, 2.24) is 14.7 Å². The molecular weight excluding hydrogens is 541 g/mol. The van der Waals surface area contributed by atoms with Crippen LogP contribution in [0.4, 0.5) is 13.2 Å². The minimum atomic E-state index is -4.62. The van der Waals surface area contributed by atoms with Crippen LogP contribution in [0.15, 0.2) is 18.2 Å². The lowest BCUT2D eigenvalue weighted by molar-refractivity contribution is -0.154. The molecule has 1 aromatic carbocycles. The van der Waals surface area contributed by atoms with Gasteiger partial charge < -0.3 is 25.5 Å². The Morgan fingerprint density at radius 1 is 1.15 bits per heavy atom. The average Bonchev–Trinajstić information content (AvgIpc) is 3.63. The third-order valence-electron chi connectivity index (χ3n) is 8.27. The molecule has 3 fully saturated rings. The molecule has 3 aliphatic rings. The summed E-state index contributed by atoms with van der Waals surface area (Å²) in [5.74, 6) is -1.98. The van der Waals surface area contributed by atoms with Crippen LogP contribution in [0.1, 0.15) is 50.2 Å². The first-order valence-electron chi connectivity index (χ1n) is 12.9. The zero-order valence-electron chi connectivity index (χ0n) is 21.5. The molecule has 3 atom stereocenters. The Balaban J connectivity index is 1.34. The van der Waals surface area contributed by atoms with Crippen LogP contribution in [-0.2, 0) is 31.8 Å². The van der Waals surface area contributed by atoms with Crippen molar-refractivity contribution in [3.8, 4) is 0 Å². The lowest BCUT2D eigenvalue weighted by Crippen LogP contribution is -2.62. The SMILES string of the molecule is C[C@H]1C(=O)N([C@@H](CCC(=O)N2CCC3(CC3)[C@H](O)C2)C(N)=O)CCN1C(=O)Cc1ccc(C(F)(F)F)c(Cl)c1. The number of halogens is 4. The number of carbonyl (C=O) groups is 4. The summed E-state index contributed by atoms with van der Waals surface area (Å²) in [4.78, 5) is 55.3. The normalized spacial score (nSPS) is 23.6. The number of β-amino-alcohol motifs (C(OH)–C–C–N with tert-alkyl or cyclic N) is 1. The molecule has 1 spiro atoms. The molecule has 3 N–H and O–H groups in total. The number of carbonyl (C=O) groups excluding carboxylic acids is 4. The van der Waals surface area contributed by atoms with Crippen LogP contribution >= 0.6 is 11.6 Å². The first-order valence-corrected chi connectivity index (χ1v) is 13.3. The highest BCUT2D eigenvalue weighted by Gasteiger charge is 2.51. The summed E-state index contributed by atoms with van der Waals surface area (Å²) in [6.07, 6.45) is -2.78. The number of amides is 4. The van der Waals surface area contributed by atoms with E-state index >= 15 is 0 Å². The van der Waals surface area contributed by atoms with Crippen molar-refractivity contribution in [2.75, 3.05) is 26.2 Å². The van der Waals surface area contributed by atoms with Crippen LogP contribution in [-0.4, -0.2) is 87.8 Å². The number of aliphatic hydroxyl groups is 1. The van der Waals surface area contributed by atoms with Gasteiger partial charge in [-0.05, 0) is 55.7 Å². The van der Waals surface area contributed by atoms with Gasteiger partial charge >= 0.3 is 6.18 Å². The summed E-state index contributed by atoms with van der Waals surface area (Å²) >= 11 is 5.75. The highest BCUT2D eigenvalue weighted by Crippen LogP contribution is 2.53. The van der Waals surface area contributed by atoms with Gasteiger partial charge in [-0.2, -0.15) is 13.2 Å². The van der Waals surface area contributed by atoms with Crippen LogP contribution in [0, 0.1) is 5.41 Å². The number of likely N-dealkylation sites (tertiary alicyclic amines) is 1. The molecule has 1 saturated carbocycles. The summed E-state index contributed by atoms with van der Waals surface area (Å²) in [6.45, 7) is 2.38. The molecule has 2 aliphatic heterocycles. The fraction of sp³-hybridized carbons (Fsp3) is 0.615. The second-order valence-electron chi connectivity index (χ2n) is 10.7. The molecule has 214 valence electrons. The summed E-state index contributed by atoms with van der Waals surface area (Å²) in [5.41, 5.74) is 4.80. The molecule has 39 heavy (non-hydrogen) atoms. The second-order valence-corrected chi connectivity index (χ2v) is 11.1. The molecule has 1 aliphatic carbocycles. The van der Waals surface area contributed by atoms with Gasteiger partial charge in [-0.1, -0.05) is 17.7 Å². The van der Waals surface area contributed by atoms with Crippen molar-refractivity contribution in [3.05, 3.63) is 34.3 Å². The van der Waals surface area contributed by atoms with Crippen molar-refractivity contribution >= 4 is 35.2 Å². The van der Waals surface area contributed by atoms with E-state index < -0.39 is 52.7 Å². The molecule has 0 bridgehead atoms. The van der Waals surface area contributed by atoms with E-state index in [1.165, 1.54) is 22.8 Å². The Bertz CT molecular complexity index is 1160. The Morgan fingerprint density at radius 3 is 2.41 bits per heavy atom. The van der Waals surface area contributed by atoms with Crippen LogP contribution in [0.5, 0.6) is 0 Å². The van der Waals surface area contributed by atoms with Gasteiger partial charge in [0.05, 0.1) is 23.1 Å². The number of rotatable bonds is 7.